The predicted octanol–water partition coefficient (Wildman–Crippen LogP) is 9.24. The summed E-state index contributed by atoms with van der Waals surface area (Å²) < 4.78 is 0. The van der Waals surface area contributed by atoms with Crippen molar-refractivity contribution < 1.29 is 0 Å². The normalized spacial score (nSPS) is 12.1. The van der Waals surface area contributed by atoms with Crippen LogP contribution in [0.2, 0.25) is 0 Å². The maximum Gasteiger partial charge on any atom is 0.0737 e. The van der Waals surface area contributed by atoms with Crippen LogP contribution in [-0.2, 0) is 0 Å². The number of H-pyrrole nitrogens is 2. The van der Waals surface area contributed by atoms with Gasteiger partial charge < -0.3 is 15.7 Å². The van der Waals surface area contributed by atoms with E-state index in [2.05, 4.69) is 125 Å². The number of hydrogen-bond donors (Lipinski definition) is 3. The SMILES string of the molecule is Nc1ccc(-c2cc3cc4nc(c(-c5ccccc5)c5ccc(cc6nc(c(-c7ccccc7)c2[nH]3)C=C6)[nH]5)C=C4)cc1. The molecule has 4 N–H and O–H groups in total. The number of fused-ring (bicyclic) bond motifs is 8. The van der Waals surface area contributed by atoms with E-state index in [0.717, 1.165) is 83.9 Å². The van der Waals surface area contributed by atoms with E-state index in [1.165, 1.54) is 0 Å². The highest BCUT2D eigenvalue weighted by molar-refractivity contribution is 6.00. The Hall–Kier alpha value is -5.94. The molecule has 0 saturated carbocycles. The van der Waals surface area contributed by atoms with E-state index in [1.54, 1.807) is 0 Å². The van der Waals surface area contributed by atoms with Crippen molar-refractivity contribution in [2.24, 2.45) is 0 Å². The van der Waals surface area contributed by atoms with Crippen molar-refractivity contribution in [3.05, 3.63) is 138 Å². The van der Waals surface area contributed by atoms with Crippen LogP contribution in [0, 0.1) is 0 Å². The Labute approximate surface area is 248 Å². The Kier molecular flexibility index (Phi) is 5.86. The van der Waals surface area contributed by atoms with Crippen LogP contribution in [0.4, 0.5) is 5.69 Å². The number of aromatic amines is 2. The number of aromatic nitrogens is 4. The van der Waals surface area contributed by atoms with Crippen molar-refractivity contribution in [2.45, 2.75) is 0 Å². The summed E-state index contributed by atoms with van der Waals surface area (Å²) in [7, 11) is 0. The lowest BCUT2D eigenvalue weighted by Crippen LogP contribution is -1.88. The first-order chi connectivity index (χ1) is 21.2. The zero-order chi connectivity index (χ0) is 28.8. The summed E-state index contributed by atoms with van der Waals surface area (Å²) in [4.78, 5) is 17.6. The third-order valence-electron chi connectivity index (χ3n) is 7.86. The molecular weight excluding hydrogens is 526 g/mol. The second-order valence-corrected chi connectivity index (χ2v) is 10.7. The van der Waals surface area contributed by atoms with Gasteiger partial charge in [-0.1, -0.05) is 72.8 Å². The molecule has 0 unspecified atom stereocenters. The number of nitrogen functional groups attached to an aromatic ring is 1. The molecule has 43 heavy (non-hydrogen) atoms. The summed E-state index contributed by atoms with van der Waals surface area (Å²) in [6.07, 6.45) is 8.33. The molecule has 2 aliphatic rings. The zero-order valence-electron chi connectivity index (χ0n) is 23.3. The summed E-state index contributed by atoms with van der Waals surface area (Å²) in [5.41, 5.74) is 20.7. The number of anilines is 1. The van der Waals surface area contributed by atoms with E-state index in [1.807, 2.05) is 24.3 Å². The number of nitrogens with one attached hydrogen (secondary N) is 2. The quantitative estimate of drug-likeness (QED) is 0.191. The molecule has 0 fully saturated rings. The molecule has 6 aromatic rings. The summed E-state index contributed by atoms with van der Waals surface area (Å²) in [6, 6.07) is 39.4. The summed E-state index contributed by atoms with van der Waals surface area (Å²) in [5, 5.41) is 0. The Bertz CT molecular complexity index is 2220. The Morgan fingerprint density at radius 3 is 1.77 bits per heavy atom. The van der Waals surface area contributed by atoms with Crippen molar-refractivity contribution in [1.29, 1.82) is 0 Å². The van der Waals surface area contributed by atoms with Crippen molar-refractivity contribution in [1.82, 2.24) is 19.9 Å². The molecular formula is C38H27N5. The van der Waals surface area contributed by atoms with Gasteiger partial charge in [0, 0.05) is 38.9 Å². The van der Waals surface area contributed by atoms with Crippen LogP contribution in [-0.4, -0.2) is 19.9 Å². The van der Waals surface area contributed by atoms with Crippen LogP contribution in [0.25, 0.3) is 79.8 Å². The fourth-order valence-corrected chi connectivity index (χ4v) is 5.87. The van der Waals surface area contributed by atoms with Gasteiger partial charge in [-0.2, -0.15) is 0 Å². The van der Waals surface area contributed by atoms with Gasteiger partial charge in [0.2, 0.25) is 0 Å². The number of nitrogens with two attached hydrogens (primary N) is 1. The van der Waals surface area contributed by atoms with Crippen LogP contribution < -0.4 is 5.73 Å². The van der Waals surface area contributed by atoms with Gasteiger partial charge in [0.05, 0.1) is 28.3 Å². The van der Waals surface area contributed by atoms with Gasteiger partial charge in [0.25, 0.3) is 0 Å². The van der Waals surface area contributed by atoms with Crippen LogP contribution in [0.3, 0.4) is 0 Å². The second kappa shape index (κ2) is 10.2. The fraction of sp³-hybridized carbons (Fsp3) is 0. The van der Waals surface area contributed by atoms with Crippen LogP contribution in [0.5, 0.6) is 0 Å². The lowest BCUT2D eigenvalue weighted by molar-refractivity contribution is 1.31. The molecule has 0 saturated heterocycles. The molecule has 2 aliphatic heterocycles. The minimum absolute atomic E-state index is 0.731. The topological polar surface area (TPSA) is 83.4 Å². The van der Waals surface area contributed by atoms with E-state index in [4.69, 9.17) is 15.7 Å². The monoisotopic (exact) mass is 553 g/mol. The lowest BCUT2D eigenvalue weighted by Gasteiger charge is -2.07. The van der Waals surface area contributed by atoms with Crippen LogP contribution in [0.1, 0.15) is 22.8 Å². The fourth-order valence-electron chi connectivity index (χ4n) is 5.87. The maximum atomic E-state index is 6.07. The van der Waals surface area contributed by atoms with Gasteiger partial charge in [-0.3, -0.25) is 0 Å². The molecule has 0 aliphatic carbocycles. The largest absolute Gasteiger partial charge is 0.399 e. The second-order valence-electron chi connectivity index (χ2n) is 10.7. The summed E-state index contributed by atoms with van der Waals surface area (Å²) in [5.74, 6) is 0. The third kappa shape index (κ3) is 4.63. The smallest absolute Gasteiger partial charge is 0.0737 e. The van der Waals surface area contributed by atoms with Gasteiger partial charge in [-0.25, -0.2) is 9.97 Å². The lowest BCUT2D eigenvalue weighted by atomic mass is 9.99. The number of hydrogen-bond acceptors (Lipinski definition) is 3. The molecule has 0 spiro atoms. The molecule has 5 nitrogen and oxygen atoms in total. The van der Waals surface area contributed by atoms with E-state index < -0.39 is 0 Å². The van der Waals surface area contributed by atoms with Gasteiger partial charge in [0.1, 0.15) is 0 Å². The first kappa shape index (κ1) is 24.8. The van der Waals surface area contributed by atoms with E-state index in [9.17, 15) is 0 Å². The average molecular weight is 554 g/mol. The standard InChI is InChI=1S/C38H27N5/c39-27-13-11-24(12-14-27)32-23-31-22-30-16-19-34(41-30)36(25-7-3-1-4-8-25)33-18-15-28(40-33)21-29-17-20-35(42-29)37(38(32)43-31)26-9-5-2-6-10-26/h1-23,40,43H,39H2. The van der Waals surface area contributed by atoms with Gasteiger partial charge >= 0.3 is 0 Å². The molecule has 5 heteroatoms. The zero-order valence-corrected chi connectivity index (χ0v) is 23.3. The van der Waals surface area contributed by atoms with Gasteiger partial charge in [-0.15, -0.1) is 0 Å². The molecule has 5 heterocycles. The highest BCUT2D eigenvalue weighted by atomic mass is 14.8. The Morgan fingerprint density at radius 2 is 1.09 bits per heavy atom. The maximum absolute atomic E-state index is 6.07. The van der Waals surface area contributed by atoms with E-state index in [0.29, 0.717) is 0 Å². The molecule has 0 atom stereocenters. The number of benzene rings is 3. The predicted molar refractivity (Wildman–Crippen MR) is 180 cm³/mol. The van der Waals surface area contributed by atoms with Crippen molar-refractivity contribution in [2.75, 3.05) is 5.73 Å². The molecule has 0 amide bonds. The minimum Gasteiger partial charge on any atom is -0.399 e. The summed E-state index contributed by atoms with van der Waals surface area (Å²) in [6.45, 7) is 0. The molecule has 8 rings (SSSR count). The Balaban J connectivity index is 1.51. The highest BCUT2D eigenvalue weighted by Gasteiger charge is 2.16. The minimum atomic E-state index is 0.731. The number of rotatable bonds is 3. The highest BCUT2D eigenvalue weighted by Crippen LogP contribution is 2.37. The average Bonchev–Trinajstić information content (AvgIpc) is 3.85. The van der Waals surface area contributed by atoms with Crippen LogP contribution >= 0.6 is 0 Å². The van der Waals surface area contributed by atoms with Crippen molar-refractivity contribution >= 4 is 52.1 Å². The van der Waals surface area contributed by atoms with Crippen molar-refractivity contribution in [3.63, 3.8) is 0 Å². The Morgan fingerprint density at radius 1 is 0.488 bits per heavy atom. The number of nitrogens with zero attached hydrogens (tertiary/aromatic N) is 2. The molecule has 3 aromatic carbocycles. The van der Waals surface area contributed by atoms with Crippen molar-refractivity contribution in [3.8, 4) is 33.4 Å². The summed E-state index contributed by atoms with van der Waals surface area (Å²) >= 11 is 0. The van der Waals surface area contributed by atoms with Gasteiger partial charge in [0.15, 0.2) is 0 Å². The molecule has 8 bridgehead atoms. The first-order valence-corrected chi connectivity index (χ1v) is 14.3. The van der Waals surface area contributed by atoms with E-state index in [-0.39, 0.29) is 0 Å². The third-order valence-corrected chi connectivity index (χ3v) is 7.86. The van der Waals surface area contributed by atoms with Gasteiger partial charge in [-0.05, 0) is 83.5 Å². The van der Waals surface area contributed by atoms with Crippen LogP contribution in [0.15, 0.2) is 115 Å². The molecule has 0 radical (unpaired) electrons. The molecule has 204 valence electrons. The first-order valence-electron chi connectivity index (χ1n) is 14.3. The van der Waals surface area contributed by atoms with E-state index >= 15 is 0 Å². The molecule has 3 aromatic heterocycles.